The third kappa shape index (κ3) is 3.65. The van der Waals surface area contributed by atoms with Gasteiger partial charge in [-0.2, -0.15) is 4.98 Å². The number of nitrogens with two attached hydrogens (primary N) is 1. The van der Waals surface area contributed by atoms with Crippen molar-refractivity contribution in [1.29, 1.82) is 0 Å². The van der Waals surface area contributed by atoms with Gasteiger partial charge in [0.15, 0.2) is 0 Å². The van der Waals surface area contributed by atoms with Crippen LogP contribution in [0.1, 0.15) is 25.2 Å². The van der Waals surface area contributed by atoms with E-state index >= 15 is 0 Å². The van der Waals surface area contributed by atoms with Crippen LogP contribution in [0.3, 0.4) is 0 Å². The van der Waals surface area contributed by atoms with Crippen molar-refractivity contribution in [3.63, 3.8) is 0 Å². The Hall–Kier alpha value is -1.20. The highest BCUT2D eigenvalue weighted by Gasteiger charge is 2.08. The first kappa shape index (κ1) is 13.2. The van der Waals surface area contributed by atoms with Crippen molar-refractivity contribution < 1.29 is 4.52 Å². The highest BCUT2D eigenvalue weighted by Crippen LogP contribution is 2.20. The van der Waals surface area contributed by atoms with Gasteiger partial charge in [-0.3, -0.25) is 0 Å². The van der Waals surface area contributed by atoms with E-state index in [1.807, 2.05) is 24.3 Å². The number of hydrogen-bond donors (Lipinski definition) is 1. The summed E-state index contributed by atoms with van der Waals surface area (Å²) in [6.45, 7) is 0.743. The van der Waals surface area contributed by atoms with Gasteiger partial charge in [-0.1, -0.05) is 39.6 Å². The van der Waals surface area contributed by atoms with E-state index in [0.29, 0.717) is 11.7 Å². The molecule has 0 aliphatic carbocycles. The van der Waals surface area contributed by atoms with E-state index in [9.17, 15) is 0 Å². The van der Waals surface area contributed by atoms with Crippen molar-refractivity contribution in [3.8, 4) is 11.4 Å². The second kappa shape index (κ2) is 6.66. The molecule has 0 saturated carbocycles. The average molecular weight is 310 g/mol. The number of benzene rings is 1. The first-order chi connectivity index (χ1) is 8.79. The average Bonchev–Trinajstić information content (AvgIpc) is 2.83. The maximum atomic E-state index is 5.45. The molecule has 4 nitrogen and oxygen atoms in total. The van der Waals surface area contributed by atoms with Crippen molar-refractivity contribution in [2.24, 2.45) is 5.73 Å². The van der Waals surface area contributed by atoms with Crippen LogP contribution in [0.25, 0.3) is 11.4 Å². The second-order valence-electron chi connectivity index (χ2n) is 4.12. The molecule has 1 heterocycles. The number of unbranched alkanes of at least 4 members (excludes halogenated alkanes) is 2. The molecule has 18 heavy (non-hydrogen) atoms. The minimum Gasteiger partial charge on any atom is -0.339 e. The van der Waals surface area contributed by atoms with Gasteiger partial charge in [-0.15, -0.1) is 0 Å². The molecule has 2 aromatic rings. The molecule has 2 N–H and O–H groups in total. The summed E-state index contributed by atoms with van der Waals surface area (Å²) in [5.41, 5.74) is 6.41. The van der Waals surface area contributed by atoms with Gasteiger partial charge >= 0.3 is 0 Å². The summed E-state index contributed by atoms with van der Waals surface area (Å²) < 4.78 is 6.24. The smallest absolute Gasteiger partial charge is 0.226 e. The molecule has 2 rings (SSSR count). The lowest BCUT2D eigenvalue weighted by molar-refractivity contribution is 0.374. The Morgan fingerprint density at radius 1 is 1.22 bits per heavy atom. The van der Waals surface area contributed by atoms with Crippen LogP contribution in [0.4, 0.5) is 0 Å². The van der Waals surface area contributed by atoms with E-state index in [-0.39, 0.29) is 0 Å². The number of hydrogen-bond acceptors (Lipinski definition) is 4. The molecule has 1 aromatic carbocycles. The third-order valence-electron chi connectivity index (χ3n) is 2.65. The van der Waals surface area contributed by atoms with E-state index in [2.05, 4.69) is 26.1 Å². The van der Waals surface area contributed by atoms with Crippen molar-refractivity contribution >= 4 is 15.9 Å². The normalized spacial score (nSPS) is 10.8. The van der Waals surface area contributed by atoms with E-state index < -0.39 is 0 Å². The van der Waals surface area contributed by atoms with E-state index in [1.165, 1.54) is 0 Å². The number of aromatic nitrogens is 2. The fraction of sp³-hybridized carbons (Fsp3) is 0.385. The van der Waals surface area contributed by atoms with Gasteiger partial charge in [-0.05, 0) is 31.5 Å². The van der Waals surface area contributed by atoms with E-state index in [0.717, 1.165) is 42.3 Å². The molecule has 0 atom stereocenters. The lowest BCUT2D eigenvalue weighted by Gasteiger charge is -1.95. The first-order valence-electron chi connectivity index (χ1n) is 6.08. The zero-order valence-corrected chi connectivity index (χ0v) is 11.7. The summed E-state index contributed by atoms with van der Waals surface area (Å²) in [4.78, 5) is 4.39. The molecule has 0 radical (unpaired) electrons. The Kier molecular flexibility index (Phi) is 4.90. The van der Waals surface area contributed by atoms with Gasteiger partial charge < -0.3 is 10.3 Å². The molecule has 0 aliphatic heterocycles. The summed E-state index contributed by atoms with van der Waals surface area (Å²) in [5, 5.41) is 3.99. The topological polar surface area (TPSA) is 64.9 Å². The molecule has 96 valence electrons. The maximum absolute atomic E-state index is 5.45. The van der Waals surface area contributed by atoms with Gasteiger partial charge in [0.05, 0.1) is 0 Å². The zero-order valence-electron chi connectivity index (χ0n) is 10.1. The minimum atomic E-state index is 0.644. The minimum absolute atomic E-state index is 0.644. The molecule has 0 fully saturated rings. The lowest BCUT2D eigenvalue weighted by atomic mass is 10.2. The van der Waals surface area contributed by atoms with Crippen molar-refractivity contribution in [2.45, 2.75) is 25.7 Å². The van der Waals surface area contributed by atoms with E-state index in [4.69, 9.17) is 10.3 Å². The Balaban J connectivity index is 1.97. The molecule has 1 aromatic heterocycles. The van der Waals surface area contributed by atoms with Crippen LogP contribution >= 0.6 is 15.9 Å². The Bertz CT molecular complexity index is 498. The molecule has 0 bridgehead atoms. The predicted molar refractivity (Wildman–Crippen MR) is 74.0 cm³/mol. The quantitative estimate of drug-likeness (QED) is 0.832. The number of nitrogens with zero attached hydrogens (tertiary/aromatic N) is 2. The number of rotatable bonds is 6. The Morgan fingerprint density at radius 3 is 2.89 bits per heavy atom. The maximum Gasteiger partial charge on any atom is 0.226 e. The van der Waals surface area contributed by atoms with Crippen LogP contribution < -0.4 is 5.73 Å². The SMILES string of the molecule is NCCCCCc1nc(-c2cccc(Br)c2)no1. The fourth-order valence-electron chi connectivity index (χ4n) is 1.70. The van der Waals surface area contributed by atoms with Gasteiger partial charge in [0.1, 0.15) is 0 Å². The summed E-state index contributed by atoms with van der Waals surface area (Å²) in [7, 11) is 0. The highest BCUT2D eigenvalue weighted by atomic mass is 79.9. The Labute approximate surface area is 115 Å². The lowest BCUT2D eigenvalue weighted by Crippen LogP contribution is -1.98. The van der Waals surface area contributed by atoms with Crippen molar-refractivity contribution in [3.05, 3.63) is 34.6 Å². The van der Waals surface area contributed by atoms with Gasteiger partial charge in [0.25, 0.3) is 0 Å². The molecule has 0 unspecified atom stereocenters. The van der Waals surface area contributed by atoms with Crippen molar-refractivity contribution in [1.82, 2.24) is 10.1 Å². The number of halogens is 1. The fourth-order valence-corrected chi connectivity index (χ4v) is 2.10. The van der Waals surface area contributed by atoms with E-state index in [1.54, 1.807) is 0 Å². The molecule has 5 heteroatoms. The molecule has 0 amide bonds. The van der Waals surface area contributed by atoms with Crippen LogP contribution in [0.5, 0.6) is 0 Å². The monoisotopic (exact) mass is 309 g/mol. The third-order valence-corrected chi connectivity index (χ3v) is 3.14. The summed E-state index contributed by atoms with van der Waals surface area (Å²) in [6, 6.07) is 7.87. The van der Waals surface area contributed by atoms with Crippen LogP contribution in [0.15, 0.2) is 33.3 Å². The van der Waals surface area contributed by atoms with Crippen LogP contribution in [0.2, 0.25) is 0 Å². The van der Waals surface area contributed by atoms with Crippen LogP contribution in [0, 0.1) is 0 Å². The van der Waals surface area contributed by atoms with Crippen LogP contribution in [-0.2, 0) is 6.42 Å². The molecule has 0 saturated heterocycles. The largest absolute Gasteiger partial charge is 0.339 e. The standard InChI is InChI=1S/C13H16BrN3O/c14-11-6-4-5-10(9-11)13-16-12(18-17-13)7-2-1-3-8-15/h4-6,9H,1-3,7-8,15H2. The Morgan fingerprint density at radius 2 is 2.11 bits per heavy atom. The summed E-state index contributed by atoms with van der Waals surface area (Å²) in [5.74, 6) is 1.34. The first-order valence-corrected chi connectivity index (χ1v) is 6.87. The van der Waals surface area contributed by atoms with Gasteiger partial charge in [0.2, 0.25) is 11.7 Å². The molecule has 0 aliphatic rings. The number of aryl methyl sites for hydroxylation is 1. The zero-order chi connectivity index (χ0) is 12.8. The van der Waals surface area contributed by atoms with Gasteiger partial charge in [-0.25, -0.2) is 0 Å². The van der Waals surface area contributed by atoms with Crippen LogP contribution in [-0.4, -0.2) is 16.7 Å². The molecule has 0 spiro atoms. The second-order valence-corrected chi connectivity index (χ2v) is 5.04. The highest BCUT2D eigenvalue weighted by molar-refractivity contribution is 9.10. The molecular formula is C13H16BrN3O. The summed E-state index contributed by atoms with van der Waals surface area (Å²) >= 11 is 3.43. The van der Waals surface area contributed by atoms with Crippen molar-refractivity contribution in [2.75, 3.05) is 6.54 Å². The predicted octanol–water partition coefficient (Wildman–Crippen LogP) is 3.17. The van der Waals surface area contributed by atoms with Gasteiger partial charge in [0, 0.05) is 16.5 Å². The molecular weight excluding hydrogens is 294 g/mol. The summed E-state index contributed by atoms with van der Waals surface area (Å²) in [6.07, 6.45) is 4.01.